The number of nitrogens with one attached hydrogen (secondary N) is 1. The van der Waals surface area contributed by atoms with Crippen molar-refractivity contribution in [1.29, 1.82) is 0 Å². The number of sulfonamides is 1. The van der Waals surface area contributed by atoms with Gasteiger partial charge in [0, 0.05) is 12.1 Å². The molecular formula is C16H16FN5O3S. The van der Waals surface area contributed by atoms with E-state index in [1.54, 1.807) is 24.3 Å². The lowest BCUT2D eigenvalue weighted by molar-refractivity contribution is 0.301. The third-order valence-corrected chi connectivity index (χ3v) is 4.99. The Hall–Kier alpha value is -2.69. The Morgan fingerprint density at radius 3 is 2.42 bits per heavy atom. The van der Waals surface area contributed by atoms with Crippen LogP contribution < -0.4 is 4.72 Å². The fraction of sp³-hybridized carbons (Fsp3) is 0.188. The molecule has 0 atom stereocenters. The van der Waals surface area contributed by atoms with Gasteiger partial charge >= 0.3 is 0 Å². The van der Waals surface area contributed by atoms with Crippen LogP contribution in [-0.4, -0.2) is 46.9 Å². The number of nitrogens with zero attached hydrogens (tertiary/aromatic N) is 4. The van der Waals surface area contributed by atoms with Crippen LogP contribution in [0.4, 0.5) is 4.39 Å². The van der Waals surface area contributed by atoms with Crippen molar-refractivity contribution in [2.24, 2.45) is 0 Å². The molecule has 3 rings (SSSR count). The van der Waals surface area contributed by atoms with Crippen molar-refractivity contribution in [3.63, 3.8) is 0 Å². The van der Waals surface area contributed by atoms with Gasteiger partial charge in [0.1, 0.15) is 5.82 Å². The number of aliphatic hydroxyl groups is 1. The number of hydrogen-bond donors (Lipinski definition) is 2. The van der Waals surface area contributed by atoms with E-state index in [1.165, 1.54) is 29.1 Å². The van der Waals surface area contributed by atoms with Crippen molar-refractivity contribution in [2.45, 2.75) is 11.4 Å². The molecule has 0 spiro atoms. The van der Waals surface area contributed by atoms with E-state index in [1.807, 2.05) is 0 Å². The van der Waals surface area contributed by atoms with E-state index in [2.05, 4.69) is 20.1 Å². The molecule has 10 heteroatoms. The molecule has 2 aromatic carbocycles. The van der Waals surface area contributed by atoms with Gasteiger partial charge in [0.2, 0.25) is 15.8 Å². The van der Waals surface area contributed by atoms with Crippen molar-refractivity contribution in [3.8, 4) is 11.4 Å². The highest BCUT2D eigenvalue weighted by Gasteiger charge is 2.14. The van der Waals surface area contributed by atoms with Gasteiger partial charge in [0.25, 0.3) is 0 Å². The van der Waals surface area contributed by atoms with Crippen molar-refractivity contribution in [1.82, 2.24) is 24.9 Å². The Kier molecular flexibility index (Phi) is 5.35. The first-order valence-corrected chi connectivity index (χ1v) is 9.19. The molecule has 0 saturated carbocycles. The van der Waals surface area contributed by atoms with Crippen molar-refractivity contribution < 1.29 is 17.9 Å². The number of aliphatic hydroxyl groups excluding tert-OH is 1. The summed E-state index contributed by atoms with van der Waals surface area (Å²) in [5.41, 5.74) is 1.43. The minimum atomic E-state index is -3.66. The summed E-state index contributed by atoms with van der Waals surface area (Å²) in [4.78, 5) is 1.45. The van der Waals surface area contributed by atoms with Crippen LogP contribution in [0.3, 0.4) is 0 Å². The van der Waals surface area contributed by atoms with Gasteiger partial charge in [0.15, 0.2) is 0 Å². The fourth-order valence-corrected chi connectivity index (χ4v) is 3.25. The summed E-state index contributed by atoms with van der Waals surface area (Å²) in [5.74, 6) is 0.0314. The quantitative estimate of drug-likeness (QED) is 0.630. The van der Waals surface area contributed by atoms with Crippen LogP contribution in [0.5, 0.6) is 0 Å². The highest BCUT2D eigenvalue weighted by Crippen LogP contribution is 2.17. The molecular weight excluding hydrogens is 361 g/mol. The average molecular weight is 377 g/mol. The van der Waals surface area contributed by atoms with Crippen LogP contribution in [0.25, 0.3) is 11.4 Å². The predicted molar refractivity (Wildman–Crippen MR) is 91.0 cm³/mol. The highest BCUT2D eigenvalue weighted by atomic mass is 32.2. The van der Waals surface area contributed by atoms with E-state index >= 15 is 0 Å². The fourth-order valence-electron chi connectivity index (χ4n) is 2.23. The number of tetrazole rings is 1. The van der Waals surface area contributed by atoms with Gasteiger partial charge in [-0.25, -0.2) is 17.5 Å². The standard InChI is InChI=1S/C16H16FN5O3S/c17-14-5-1-12(2-6-14)11-22-20-16(19-21-22)13-3-7-15(8-4-13)26(24,25)18-9-10-23/h1-8,18,23H,9-11H2. The first kappa shape index (κ1) is 18.1. The number of aromatic nitrogens is 4. The monoisotopic (exact) mass is 377 g/mol. The first-order chi connectivity index (χ1) is 12.5. The Bertz CT molecular complexity index is 972. The number of benzene rings is 2. The third-order valence-electron chi connectivity index (χ3n) is 3.52. The molecule has 0 aliphatic heterocycles. The highest BCUT2D eigenvalue weighted by molar-refractivity contribution is 7.89. The first-order valence-electron chi connectivity index (χ1n) is 7.71. The predicted octanol–water partition coefficient (Wildman–Crippen LogP) is 0.798. The van der Waals surface area contributed by atoms with E-state index in [0.717, 1.165) is 5.56 Å². The molecule has 0 radical (unpaired) electrons. The second kappa shape index (κ2) is 7.68. The summed E-state index contributed by atoms with van der Waals surface area (Å²) in [7, 11) is -3.66. The summed E-state index contributed by atoms with van der Waals surface area (Å²) in [6.07, 6.45) is 0. The van der Waals surface area contributed by atoms with Crippen LogP contribution in [0.2, 0.25) is 0 Å². The second-order valence-electron chi connectivity index (χ2n) is 5.42. The maximum Gasteiger partial charge on any atom is 0.240 e. The summed E-state index contributed by atoms with van der Waals surface area (Å²) in [6.45, 7) is 0.00652. The summed E-state index contributed by atoms with van der Waals surface area (Å²) < 4.78 is 39.1. The molecule has 3 aromatic rings. The maximum absolute atomic E-state index is 12.9. The van der Waals surface area contributed by atoms with Crippen LogP contribution in [0.1, 0.15) is 5.56 Å². The molecule has 0 saturated heterocycles. The second-order valence-corrected chi connectivity index (χ2v) is 7.18. The average Bonchev–Trinajstić information content (AvgIpc) is 3.11. The van der Waals surface area contributed by atoms with E-state index in [0.29, 0.717) is 17.9 Å². The SMILES string of the molecule is O=S(=O)(NCCO)c1ccc(-c2nnn(Cc3ccc(F)cc3)n2)cc1. The molecule has 0 amide bonds. The summed E-state index contributed by atoms with van der Waals surface area (Å²) in [5, 5.41) is 20.9. The zero-order valence-electron chi connectivity index (χ0n) is 13.6. The molecule has 26 heavy (non-hydrogen) atoms. The van der Waals surface area contributed by atoms with Gasteiger partial charge in [-0.05, 0) is 47.2 Å². The molecule has 0 unspecified atom stereocenters. The molecule has 0 aliphatic carbocycles. The van der Waals surface area contributed by atoms with Crippen LogP contribution >= 0.6 is 0 Å². The van der Waals surface area contributed by atoms with Gasteiger partial charge in [-0.3, -0.25) is 0 Å². The van der Waals surface area contributed by atoms with Crippen LogP contribution in [-0.2, 0) is 16.6 Å². The Labute approximate surface area is 149 Å². The lowest BCUT2D eigenvalue weighted by Gasteiger charge is -2.05. The molecule has 0 bridgehead atoms. The molecule has 136 valence electrons. The minimum absolute atomic E-state index is 0.0522. The molecule has 1 aromatic heterocycles. The molecule has 2 N–H and O–H groups in total. The Balaban J connectivity index is 1.74. The van der Waals surface area contributed by atoms with Crippen LogP contribution in [0, 0.1) is 5.82 Å². The van der Waals surface area contributed by atoms with E-state index in [-0.39, 0.29) is 23.9 Å². The van der Waals surface area contributed by atoms with E-state index in [9.17, 15) is 12.8 Å². The maximum atomic E-state index is 12.9. The van der Waals surface area contributed by atoms with Gasteiger partial charge in [-0.2, -0.15) is 4.80 Å². The normalized spacial score (nSPS) is 11.6. The van der Waals surface area contributed by atoms with Gasteiger partial charge in [0.05, 0.1) is 18.0 Å². The summed E-state index contributed by atoms with van der Waals surface area (Å²) >= 11 is 0. The number of halogens is 1. The number of hydrogen-bond acceptors (Lipinski definition) is 6. The van der Waals surface area contributed by atoms with Crippen molar-refractivity contribution in [3.05, 3.63) is 59.9 Å². The van der Waals surface area contributed by atoms with E-state index in [4.69, 9.17) is 5.11 Å². The Morgan fingerprint density at radius 2 is 1.77 bits per heavy atom. The Morgan fingerprint density at radius 1 is 1.08 bits per heavy atom. The van der Waals surface area contributed by atoms with Gasteiger partial charge < -0.3 is 5.11 Å². The van der Waals surface area contributed by atoms with Crippen LogP contribution in [0.15, 0.2) is 53.4 Å². The van der Waals surface area contributed by atoms with E-state index < -0.39 is 10.0 Å². The minimum Gasteiger partial charge on any atom is -0.395 e. The number of rotatable bonds is 7. The van der Waals surface area contributed by atoms with Gasteiger partial charge in [-0.1, -0.05) is 12.1 Å². The zero-order chi connectivity index (χ0) is 18.6. The smallest absolute Gasteiger partial charge is 0.240 e. The van der Waals surface area contributed by atoms with Crippen molar-refractivity contribution in [2.75, 3.05) is 13.2 Å². The molecule has 1 heterocycles. The van der Waals surface area contributed by atoms with Gasteiger partial charge in [-0.15, -0.1) is 10.2 Å². The lowest BCUT2D eigenvalue weighted by Crippen LogP contribution is -2.26. The zero-order valence-corrected chi connectivity index (χ0v) is 14.4. The largest absolute Gasteiger partial charge is 0.395 e. The molecule has 0 aliphatic rings. The molecule has 0 fully saturated rings. The topological polar surface area (TPSA) is 110 Å². The third kappa shape index (κ3) is 4.28. The van der Waals surface area contributed by atoms with Crippen molar-refractivity contribution >= 4 is 10.0 Å². The molecule has 8 nitrogen and oxygen atoms in total. The summed E-state index contributed by atoms with van der Waals surface area (Å²) in [6, 6.07) is 12.0. The lowest BCUT2D eigenvalue weighted by atomic mass is 10.2.